The lowest BCUT2D eigenvalue weighted by atomic mass is 10.1. The first-order chi connectivity index (χ1) is 13.5. The number of nitrogens with zero attached hydrogens (tertiary/aromatic N) is 2. The monoisotopic (exact) mass is 401 g/mol. The van der Waals surface area contributed by atoms with E-state index < -0.39 is 0 Å². The number of benzene rings is 2. The lowest BCUT2D eigenvalue weighted by Gasteiger charge is -2.13. The molecule has 0 aliphatic carbocycles. The molecule has 0 fully saturated rings. The van der Waals surface area contributed by atoms with Gasteiger partial charge >= 0.3 is 0 Å². The Hall–Kier alpha value is -3.00. The van der Waals surface area contributed by atoms with Crippen molar-refractivity contribution >= 4 is 22.4 Å². The number of rotatable bonds is 8. The lowest BCUT2D eigenvalue weighted by Crippen LogP contribution is -2.13. The van der Waals surface area contributed by atoms with Crippen LogP contribution in [0.25, 0.3) is 0 Å². The third-order valence-electron chi connectivity index (χ3n) is 3.66. The number of ether oxygens (including phenoxy) is 2. The summed E-state index contributed by atoms with van der Waals surface area (Å²) in [4.78, 5) is 12.5. The highest BCUT2D eigenvalue weighted by atomic mass is 32.1. The van der Waals surface area contributed by atoms with Gasteiger partial charge in [0.1, 0.15) is 29.4 Å². The van der Waals surface area contributed by atoms with E-state index in [-0.39, 0.29) is 18.3 Å². The van der Waals surface area contributed by atoms with Crippen molar-refractivity contribution in [1.29, 1.82) is 0 Å². The molecule has 1 aromatic heterocycles. The minimum Gasteiger partial charge on any atom is -0.493 e. The van der Waals surface area contributed by atoms with Crippen LogP contribution in [-0.2, 0) is 6.61 Å². The molecule has 3 rings (SSSR count). The Morgan fingerprint density at radius 1 is 1.18 bits per heavy atom. The molecule has 0 atom stereocenters. The fourth-order valence-corrected chi connectivity index (χ4v) is 2.75. The van der Waals surface area contributed by atoms with Gasteiger partial charge in [0.15, 0.2) is 0 Å². The molecule has 0 saturated carbocycles. The number of aromatic nitrogens is 2. The van der Waals surface area contributed by atoms with Crippen LogP contribution in [0.5, 0.6) is 11.5 Å². The van der Waals surface area contributed by atoms with Gasteiger partial charge in [-0.15, -0.1) is 10.2 Å². The molecule has 0 saturated heterocycles. The van der Waals surface area contributed by atoms with Gasteiger partial charge in [0, 0.05) is 17.2 Å². The largest absolute Gasteiger partial charge is 0.493 e. The van der Waals surface area contributed by atoms with Crippen molar-refractivity contribution in [2.24, 2.45) is 5.92 Å². The molecule has 28 heavy (non-hydrogen) atoms. The SMILES string of the molecule is CC(C)COc1cc(OCc2ccccc2F)cc(C(=O)Nc2nncs2)c1. The maximum atomic E-state index is 13.8. The lowest BCUT2D eigenvalue weighted by molar-refractivity contribution is 0.102. The number of nitrogens with one attached hydrogen (secondary N) is 1. The Balaban J connectivity index is 1.80. The van der Waals surface area contributed by atoms with Crippen LogP contribution in [0.2, 0.25) is 0 Å². The molecular formula is C20H20FN3O3S. The minimum atomic E-state index is -0.359. The predicted octanol–water partition coefficient (Wildman–Crippen LogP) is 4.54. The first-order valence-corrected chi connectivity index (χ1v) is 9.61. The summed E-state index contributed by atoms with van der Waals surface area (Å²) in [6.07, 6.45) is 0. The molecule has 0 unspecified atom stereocenters. The molecule has 1 N–H and O–H groups in total. The van der Waals surface area contributed by atoms with Crippen LogP contribution in [0.4, 0.5) is 9.52 Å². The van der Waals surface area contributed by atoms with Gasteiger partial charge in [-0.3, -0.25) is 10.1 Å². The first-order valence-electron chi connectivity index (χ1n) is 8.73. The molecule has 3 aromatic rings. The van der Waals surface area contributed by atoms with E-state index >= 15 is 0 Å². The molecule has 8 heteroatoms. The number of halogens is 1. The van der Waals surface area contributed by atoms with Gasteiger partial charge in [-0.2, -0.15) is 0 Å². The summed E-state index contributed by atoms with van der Waals surface area (Å²) in [5, 5.41) is 10.6. The first kappa shape index (κ1) is 19.8. The van der Waals surface area contributed by atoms with Gasteiger partial charge < -0.3 is 9.47 Å². The van der Waals surface area contributed by atoms with Crippen LogP contribution in [0.1, 0.15) is 29.8 Å². The van der Waals surface area contributed by atoms with Crippen LogP contribution in [0, 0.1) is 11.7 Å². The van der Waals surface area contributed by atoms with Crippen LogP contribution in [0.3, 0.4) is 0 Å². The second kappa shape index (κ2) is 9.27. The van der Waals surface area contributed by atoms with Crippen LogP contribution < -0.4 is 14.8 Å². The summed E-state index contributed by atoms with van der Waals surface area (Å²) in [5.41, 5.74) is 2.30. The number of hydrogen-bond acceptors (Lipinski definition) is 6. The smallest absolute Gasteiger partial charge is 0.257 e. The van der Waals surface area contributed by atoms with E-state index in [1.54, 1.807) is 36.4 Å². The second-order valence-corrected chi connectivity index (χ2v) is 7.31. The van der Waals surface area contributed by atoms with Crippen LogP contribution in [0.15, 0.2) is 48.0 Å². The fraction of sp³-hybridized carbons (Fsp3) is 0.250. The number of carbonyl (C=O) groups is 1. The summed E-state index contributed by atoms with van der Waals surface area (Å²) in [7, 11) is 0. The normalized spacial score (nSPS) is 10.7. The van der Waals surface area contributed by atoms with Gasteiger partial charge in [-0.25, -0.2) is 4.39 Å². The molecule has 0 radical (unpaired) electrons. The van der Waals surface area contributed by atoms with E-state index in [0.29, 0.717) is 40.3 Å². The Morgan fingerprint density at radius 3 is 2.61 bits per heavy atom. The summed E-state index contributed by atoms with van der Waals surface area (Å²) < 4.78 is 25.3. The molecule has 1 heterocycles. The number of hydrogen-bond donors (Lipinski definition) is 1. The molecule has 0 bridgehead atoms. The van der Waals surface area contributed by atoms with Crippen molar-refractivity contribution in [3.8, 4) is 11.5 Å². The van der Waals surface area contributed by atoms with Crippen molar-refractivity contribution in [2.45, 2.75) is 20.5 Å². The Kier molecular flexibility index (Phi) is 6.54. The third-order valence-corrected chi connectivity index (χ3v) is 4.26. The van der Waals surface area contributed by atoms with Gasteiger partial charge in [-0.05, 0) is 24.1 Å². The van der Waals surface area contributed by atoms with E-state index in [4.69, 9.17) is 9.47 Å². The van der Waals surface area contributed by atoms with E-state index in [1.807, 2.05) is 13.8 Å². The van der Waals surface area contributed by atoms with Gasteiger partial charge in [0.05, 0.1) is 6.61 Å². The molecule has 146 valence electrons. The molecule has 0 aliphatic rings. The standard InChI is InChI=1S/C20H20FN3O3S/c1-13(2)10-26-16-7-15(19(25)23-20-24-22-12-28-20)8-17(9-16)27-11-14-5-3-4-6-18(14)21/h3-9,12-13H,10-11H2,1-2H3,(H,23,24,25). The maximum Gasteiger partial charge on any atom is 0.257 e. The maximum absolute atomic E-state index is 13.8. The molecule has 2 aromatic carbocycles. The quantitative estimate of drug-likeness (QED) is 0.600. The van der Waals surface area contributed by atoms with Crippen molar-refractivity contribution in [3.05, 3.63) is 64.9 Å². The summed E-state index contributed by atoms with van der Waals surface area (Å²) in [6.45, 7) is 4.59. The highest BCUT2D eigenvalue weighted by Crippen LogP contribution is 2.25. The Bertz CT molecular complexity index is 932. The number of anilines is 1. The molecule has 0 aliphatic heterocycles. The van der Waals surface area contributed by atoms with Crippen LogP contribution in [-0.4, -0.2) is 22.7 Å². The van der Waals surface area contributed by atoms with Gasteiger partial charge in [0.25, 0.3) is 5.91 Å². The fourth-order valence-electron chi connectivity index (χ4n) is 2.31. The number of amides is 1. The van der Waals surface area contributed by atoms with E-state index in [0.717, 1.165) is 0 Å². The van der Waals surface area contributed by atoms with Crippen molar-refractivity contribution in [2.75, 3.05) is 11.9 Å². The zero-order chi connectivity index (χ0) is 19.9. The van der Waals surface area contributed by atoms with Crippen molar-refractivity contribution in [1.82, 2.24) is 10.2 Å². The molecule has 1 amide bonds. The highest BCUT2D eigenvalue weighted by Gasteiger charge is 2.13. The minimum absolute atomic E-state index is 0.0395. The van der Waals surface area contributed by atoms with Gasteiger partial charge in [-0.1, -0.05) is 43.4 Å². The Morgan fingerprint density at radius 2 is 1.93 bits per heavy atom. The summed E-state index contributed by atoms with van der Waals surface area (Å²) >= 11 is 1.22. The van der Waals surface area contributed by atoms with Gasteiger partial charge in [0.2, 0.25) is 5.13 Å². The van der Waals surface area contributed by atoms with E-state index in [2.05, 4.69) is 15.5 Å². The van der Waals surface area contributed by atoms with E-state index in [1.165, 1.54) is 22.9 Å². The number of carbonyl (C=O) groups excluding carboxylic acids is 1. The van der Waals surface area contributed by atoms with E-state index in [9.17, 15) is 9.18 Å². The predicted molar refractivity (Wildman–Crippen MR) is 105 cm³/mol. The van der Waals surface area contributed by atoms with Crippen LogP contribution >= 0.6 is 11.3 Å². The highest BCUT2D eigenvalue weighted by molar-refractivity contribution is 7.13. The second-order valence-electron chi connectivity index (χ2n) is 6.48. The third kappa shape index (κ3) is 5.50. The molecule has 6 nitrogen and oxygen atoms in total. The van der Waals surface area contributed by atoms with Crippen molar-refractivity contribution < 1.29 is 18.7 Å². The zero-order valence-electron chi connectivity index (χ0n) is 15.5. The average molecular weight is 401 g/mol. The zero-order valence-corrected chi connectivity index (χ0v) is 16.3. The van der Waals surface area contributed by atoms with Crippen molar-refractivity contribution in [3.63, 3.8) is 0 Å². The summed E-state index contributed by atoms with van der Waals surface area (Å²) in [6, 6.07) is 11.3. The molecular weight excluding hydrogens is 381 g/mol. The topological polar surface area (TPSA) is 73.3 Å². The average Bonchev–Trinajstić information content (AvgIpc) is 3.18. The Labute approximate surface area is 166 Å². The molecule has 0 spiro atoms. The summed E-state index contributed by atoms with van der Waals surface area (Å²) in [5.74, 6) is 0.530.